The minimum absolute atomic E-state index is 0.0549. The summed E-state index contributed by atoms with van der Waals surface area (Å²) in [5.74, 6) is -1.75. The highest BCUT2D eigenvalue weighted by molar-refractivity contribution is 7.16. The predicted molar refractivity (Wildman–Crippen MR) is 109 cm³/mol. The minimum Gasteiger partial charge on any atom is -0.450 e. The molecule has 0 aliphatic heterocycles. The second-order valence-corrected chi connectivity index (χ2v) is 8.15. The Morgan fingerprint density at radius 2 is 2.03 bits per heavy atom. The van der Waals surface area contributed by atoms with Crippen molar-refractivity contribution in [1.82, 2.24) is 0 Å². The van der Waals surface area contributed by atoms with Crippen molar-refractivity contribution in [3.8, 4) is 17.4 Å². The highest BCUT2D eigenvalue weighted by Crippen LogP contribution is 2.38. The van der Waals surface area contributed by atoms with Crippen LogP contribution in [0.5, 0.6) is 0 Å². The van der Waals surface area contributed by atoms with E-state index in [1.165, 1.54) is 35.6 Å². The molecule has 2 heterocycles. The number of ether oxygens (including phenoxy) is 1. The van der Waals surface area contributed by atoms with Crippen molar-refractivity contribution in [2.75, 3.05) is 11.9 Å². The third-order valence-electron chi connectivity index (χ3n) is 4.90. The first-order valence-electron chi connectivity index (χ1n) is 9.55. The van der Waals surface area contributed by atoms with Gasteiger partial charge >= 0.3 is 12.1 Å². The summed E-state index contributed by atoms with van der Waals surface area (Å²) in [6, 6.07) is 9.20. The lowest BCUT2D eigenvalue weighted by molar-refractivity contribution is -0.137. The monoisotopic (exact) mass is 460 g/mol. The Labute approximate surface area is 184 Å². The third kappa shape index (κ3) is 4.38. The molecule has 0 spiro atoms. The van der Waals surface area contributed by atoms with E-state index in [0.29, 0.717) is 10.6 Å². The van der Waals surface area contributed by atoms with Gasteiger partial charge in [0.1, 0.15) is 16.8 Å². The molecule has 32 heavy (non-hydrogen) atoms. The molecular weight excluding hydrogens is 445 g/mol. The molecule has 10 heteroatoms. The first-order chi connectivity index (χ1) is 15.3. The van der Waals surface area contributed by atoms with Gasteiger partial charge in [-0.25, -0.2) is 4.79 Å². The van der Waals surface area contributed by atoms with Crippen LogP contribution in [0, 0.1) is 11.3 Å². The van der Waals surface area contributed by atoms with Crippen molar-refractivity contribution in [2.45, 2.75) is 25.4 Å². The second-order valence-electron chi connectivity index (χ2n) is 7.04. The maximum atomic E-state index is 12.9. The molecule has 1 aliphatic carbocycles. The zero-order chi connectivity index (χ0) is 22.9. The Bertz CT molecular complexity index is 1240. The fraction of sp³-hybridized carbons (Fsp3) is 0.227. The lowest BCUT2D eigenvalue weighted by Gasteiger charge is -2.07. The number of nitriles is 1. The largest absolute Gasteiger partial charge is 0.450 e. The second kappa shape index (κ2) is 8.51. The SMILES string of the molecule is N#Cc1c(NC(=O)COC(=O)c2ccc(-c3cccc(C(F)(F)F)c3)o2)sc2c1CCC2. The van der Waals surface area contributed by atoms with Crippen LogP contribution < -0.4 is 5.32 Å². The zero-order valence-electron chi connectivity index (χ0n) is 16.4. The highest BCUT2D eigenvalue weighted by atomic mass is 32.1. The molecule has 0 saturated carbocycles. The smallest absolute Gasteiger partial charge is 0.416 e. The van der Waals surface area contributed by atoms with Gasteiger partial charge in [0.15, 0.2) is 6.61 Å². The Morgan fingerprint density at radius 3 is 2.78 bits per heavy atom. The zero-order valence-corrected chi connectivity index (χ0v) is 17.2. The highest BCUT2D eigenvalue weighted by Gasteiger charge is 2.30. The van der Waals surface area contributed by atoms with Crippen LogP contribution in [0.4, 0.5) is 18.2 Å². The molecule has 0 unspecified atom stereocenters. The van der Waals surface area contributed by atoms with E-state index in [1.54, 1.807) is 0 Å². The molecule has 164 valence electrons. The molecule has 3 aromatic rings. The average Bonchev–Trinajstić information content (AvgIpc) is 3.47. The number of halogens is 3. The molecule has 0 bridgehead atoms. The standard InChI is InChI=1S/C22H15F3N2O4S/c23-22(24,25)13-4-1-3-12(9-13)16-7-8-17(31-16)21(29)30-11-19(28)27-20-15(10-26)14-5-2-6-18(14)32-20/h1,3-4,7-9H,2,5-6,11H2,(H,27,28). The number of furan rings is 1. The number of benzene rings is 1. The summed E-state index contributed by atoms with van der Waals surface area (Å²) in [4.78, 5) is 25.4. The lowest BCUT2D eigenvalue weighted by atomic mass is 10.1. The fourth-order valence-electron chi connectivity index (χ4n) is 3.43. The first kappa shape index (κ1) is 21.6. The molecule has 1 amide bonds. The van der Waals surface area contributed by atoms with Crippen LogP contribution >= 0.6 is 11.3 Å². The van der Waals surface area contributed by atoms with E-state index in [0.717, 1.165) is 41.8 Å². The Hall–Kier alpha value is -3.58. The quantitative estimate of drug-likeness (QED) is 0.530. The number of esters is 1. The van der Waals surface area contributed by atoms with E-state index in [2.05, 4.69) is 11.4 Å². The van der Waals surface area contributed by atoms with Crippen LogP contribution in [0.1, 0.15) is 38.5 Å². The topological polar surface area (TPSA) is 92.3 Å². The molecular formula is C22H15F3N2O4S. The summed E-state index contributed by atoms with van der Waals surface area (Å²) in [5, 5.41) is 12.4. The lowest BCUT2D eigenvalue weighted by Crippen LogP contribution is -2.20. The van der Waals surface area contributed by atoms with E-state index in [9.17, 15) is 28.0 Å². The summed E-state index contributed by atoms with van der Waals surface area (Å²) in [5.41, 5.74) is 0.705. The van der Waals surface area contributed by atoms with Gasteiger partial charge in [0.2, 0.25) is 5.76 Å². The van der Waals surface area contributed by atoms with Crippen LogP contribution in [-0.2, 0) is 28.5 Å². The van der Waals surface area contributed by atoms with E-state index in [1.807, 2.05) is 0 Å². The van der Waals surface area contributed by atoms with Crippen LogP contribution in [0.2, 0.25) is 0 Å². The molecule has 0 atom stereocenters. The number of anilines is 1. The van der Waals surface area contributed by atoms with Gasteiger partial charge in [-0.05, 0) is 49.1 Å². The molecule has 1 aromatic carbocycles. The predicted octanol–water partition coefficient (Wildman–Crippen LogP) is 5.18. The summed E-state index contributed by atoms with van der Waals surface area (Å²) < 4.78 is 48.9. The van der Waals surface area contributed by atoms with Gasteiger partial charge in [0, 0.05) is 10.4 Å². The maximum Gasteiger partial charge on any atom is 0.416 e. The molecule has 0 fully saturated rings. The number of aryl methyl sites for hydroxylation is 1. The fourth-order valence-corrected chi connectivity index (χ4v) is 4.68. The van der Waals surface area contributed by atoms with Gasteiger partial charge in [0.25, 0.3) is 5.91 Å². The van der Waals surface area contributed by atoms with Crippen molar-refractivity contribution in [3.63, 3.8) is 0 Å². The van der Waals surface area contributed by atoms with Crippen LogP contribution in [0.15, 0.2) is 40.8 Å². The molecule has 4 rings (SSSR count). The van der Waals surface area contributed by atoms with Crippen molar-refractivity contribution in [3.05, 3.63) is 63.7 Å². The number of carbonyl (C=O) groups excluding carboxylic acids is 2. The van der Waals surface area contributed by atoms with Crippen LogP contribution in [-0.4, -0.2) is 18.5 Å². The molecule has 0 radical (unpaired) electrons. The Morgan fingerprint density at radius 1 is 1.22 bits per heavy atom. The van der Waals surface area contributed by atoms with Crippen LogP contribution in [0.3, 0.4) is 0 Å². The van der Waals surface area contributed by atoms with Gasteiger partial charge < -0.3 is 14.5 Å². The van der Waals surface area contributed by atoms with Crippen molar-refractivity contribution in [2.24, 2.45) is 0 Å². The number of carbonyl (C=O) groups is 2. The van der Waals surface area contributed by atoms with Crippen molar-refractivity contribution in [1.29, 1.82) is 5.26 Å². The maximum absolute atomic E-state index is 12.9. The van der Waals surface area contributed by atoms with E-state index in [4.69, 9.17) is 9.15 Å². The number of nitrogens with one attached hydrogen (secondary N) is 1. The summed E-state index contributed by atoms with van der Waals surface area (Å²) in [6.45, 7) is -0.605. The van der Waals surface area contributed by atoms with E-state index >= 15 is 0 Å². The molecule has 6 nitrogen and oxygen atoms in total. The number of thiophene rings is 1. The number of alkyl halides is 3. The minimum atomic E-state index is -4.51. The molecule has 2 aromatic heterocycles. The third-order valence-corrected chi connectivity index (χ3v) is 6.11. The molecule has 1 N–H and O–H groups in total. The number of rotatable bonds is 5. The summed E-state index contributed by atoms with van der Waals surface area (Å²) in [7, 11) is 0. The van der Waals surface area contributed by atoms with Gasteiger partial charge in [-0.3, -0.25) is 4.79 Å². The van der Waals surface area contributed by atoms with E-state index in [-0.39, 0.29) is 17.1 Å². The van der Waals surface area contributed by atoms with Gasteiger partial charge in [-0.1, -0.05) is 12.1 Å². The van der Waals surface area contributed by atoms with Gasteiger partial charge in [0.05, 0.1) is 11.1 Å². The van der Waals surface area contributed by atoms with Gasteiger partial charge in [-0.15, -0.1) is 11.3 Å². The molecule has 1 aliphatic rings. The Balaban J connectivity index is 1.38. The number of hydrogen-bond acceptors (Lipinski definition) is 6. The summed E-state index contributed by atoms with van der Waals surface area (Å²) in [6.07, 6.45) is -1.86. The van der Waals surface area contributed by atoms with Crippen molar-refractivity contribution < 1.29 is 31.9 Å². The van der Waals surface area contributed by atoms with E-state index < -0.39 is 30.2 Å². The van der Waals surface area contributed by atoms with Crippen molar-refractivity contribution >= 4 is 28.2 Å². The summed E-state index contributed by atoms with van der Waals surface area (Å²) >= 11 is 1.34. The molecule has 0 saturated heterocycles. The van der Waals surface area contributed by atoms with Gasteiger partial charge in [-0.2, -0.15) is 18.4 Å². The Kier molecular flexibility index (Phi) is 5.76. The van der Waals surface area contributed by atoms with Crippen LogP contribution in [0.25, 0.3) is 11.3 Å². The number of nitrogens with zero attached hydrogens (tertiary/aromatic N) is 1. The number of fused-ring (bicyclic) bond motifs is 1. The first-order valence-corrected chi connectivity index (χ1v) is 10.4. The average molecular weight is 460 g/mol. The number of hydrogen-bond donors (Lipinski definition) is 1. The normalized spacial score (nSPS) is 12.8. The number of amides is 1.